The first-order chi connectivity index (χ1) is 8.16. The number of nitrogens with zero attached hydrogens (tertiary/aromatic N) is 1. The van der Waals surface area contributed by atoms with E-state index in [-0.39, 0.29) is 24.0 Å². The predicted octanol–water partition coefficient (Wildman–Crippen LogP) is 0.629. The van der Waals surface area contributed by atoms with Crippen molar-refractivity contribution >= 4 is 11.9 Å². The monoisotopic (exact) mass is 239 g/mol. The molecule has 3 aliphatic heterocycles. The van der Waals surface area contributed by atoms with Crippen LogP contribution in [0.5, 0.6) is 0 Å². The molecule has 1 amide bonds. The smallest absolute Gasteiger partial charge is 0.326 e. The Bertz CT molecular complexity index is 356. The molecule has 3 aliphatic rings. The predicted molar refractivity (Wildman–Crippen MR) is 58.4 cm³/mol. The van der Waals surface area contributed by atoms with Crippen molar-refractivity contribution in [1.82, 2.24) is 4.90 Å². The molecule has 3 fully saturated rings. The van der Waals surface area contributed by atoms with Crippen molar-refractivity contribution < 1.29 is 19.4 Å². The Kier molecular flexibility index (Phi) is 2.58. The van der Waals surface area contributed by atoms with Gasteiger partial charge in [-0.2, -0.15) is 0 Å². The molecule has 0 spiro atoms. The molecule has 3 unspecified atom stereocenters. The molecule has 0 radical (unpaired) electrons. The van der Waals surface area contributed by atoms with Crippen LogP contribution in [0, 0.1) is 5.92 Å². The van der Waals surface area contributed by atoms with E-state index in [0.717, 1.165) is 25.7 Å². The molecule has 0 aromatic carbocycles. The minimum atomic E-state index is -0.875. The van der Waals surface area contributed by atoms with Gasteiger partial charge in [-0.1, -0.05) is 0 Å². The standard InChI is InChI=1S/C12H17NO4/c14-11(8-6-7-3-4-10(8)17-7)13-5-1-2-9(13)12(15)16/h7-10H,1-6H2,(H,15,16)/t7?,8?,9-,10?/m0/s1. The van der Waals surface area contributed by atoms with Crippen molar-refractivity contribution in [3.8, 4) is 0 Å². The lowest BCUT2D eigenvalue weighted by Crippen LogP contribution is -2.45. The van der Waals surface area contributed by atoms with E-state index in [1.54, 1.807) is 4.90 Å². The molecule has 3 heterocycles. The summed E-state index contributed by atoms with van der Waals surface area (Å²) < 4.78 is 5.67. The highest BCUT2D eigenvalue weighted by Gasteiger charge is 2.48. The first kappa shape index (κ1) is 11.0. The van der Waals surface area contributed by atoms with Gasteiger partial charge in [0.25, 0.3) is 0 Å². The third kappa shape index (κ3) is 1.73. The molecule has 2 bridgehead atoms. The summed E-state index contributed by atoms with van der Waals surface area (Å²) in [6.45, 7) is 0.587. The van der Waals surface area contributed by atoms with Crippen LogP contribution in [-0.4, -0.2) is 46.7 Å². The number of ether oxygens (including phenoxy) is 1. The Morgan fingerprint density at radius 3 is 2.65 bits per heavy atom. The van der Waals surface area contributed by atoms with Crippen molar-refractivity contribution in [2.45, 2.75) is 50.4 Å². The summed E-state index contributed by atoms with van der Waals surface area (Å²) in [5, 5.41) is 9.08. The van der Waals surface area contributed by atoms with E-state index in [1.807, 2.05) is 0 Å². The third-order valence-electron chi connectivity index (χ3n) is 4.24. The second kappa shape index (κ2) is 3.98. The highest BCUT2D eigenvalue weighted by atomic mass is 16.5. The summed E-state index contributed by atoms with van der Waals surface area (Å²) in [5.41, 5.74) is 0. The molecule has 5 heteroatoms. The molecule has 17 heavy (non-hydrogen) atoms. The molecular weight excluding hydrogens is 222 g/mol. The molecule has 1 N–H and O–H groups in total. The second-order valence-corrected chi connectivity index (χ2v) is 5.24. The number of carboxylic acid groups (broad SMARTS) is 1. The van der Waals surface area contributed by atoms with Crippen molar-refractivity contribution in [1.29, 1.82) is 0 Å². The summed E-state index contributed by atoms with van der Waals surface area (Å²) in [5.74, 6) is -0.962. The summed E-state index contributed by atoms with van der Waals surface area (Å²) >= 11 is 0. The normalized spacial score (nSPS) is 39.9. The van der Waals surface area contributed by atoms with Crippen LogP contribution in [0.3, 0.4) is 0 Å². The maximum absolute atomic E-state index is 12.3. The van der Waals surface area contributed by atoms with Crippen LogP contribution in [-0.2, 0) is 14.3 Å². The molecule has 4 atom stereocenters. The van der Waals surface area contributed by atoms with Crippen LogP contribution in [0.2, 0.25) is 0 Å². The minimum Gasteiger partial charge on any atom is -0.480 e. The maximum Gasteiger partial charge on any atom is 0.326 e. The van der Waals surface area contributed by atoms with E-state index in [2.05, 4.69) is 0 Å². The lowest BCUT2D eigenvalue weighted by molar-refractivity contribution is -0.150. The maximum atomic E-state index is 12.3. The molecule has 94 valence electrons. The van der Waals surface area contributed by atoms with Gasteiger partial charge in [0.15, 0.2) is 0 Å². The Morgan fingerprint density at radius 2 is 2.06 bits per heavy atom. The summed E-state index contributed by atoms with van der Waals surface area (Å²) in [6.07, 6.45) is 4.45. The van der Waals surface area contributed by atoms with Crippen LogP contribution in [0.1, 0.15) is 32.1 Å². The van der Waals surface area contributed by atoms with E-state index in [1.165, 1.54) is 0 Å². The Hall–Kier alpha value is -1.10. The number of rotatable bonds is 2. The quantitative estimate of drug-likeness (QED) is 0.767. The zero-order chi connectivity index (χ0) is 12.0. The number of hydrogen-bond donors (Lipinski definition) is 1. The number of amides is 1. The number of likely N-dealkylation sites (tertiary alicyclic amines) is 1. The number of fused-ring (bicyclic) bond motifs is 2. The highest BCUT2D eigenvalue weighted by molar-refractivity contribution is 5.86. The largest absolute Gasteiger partial charge is 0.480 e. The molecule has 3 rings (SSSR count). The Labute approximate surface area is 99.7 Å². The highest BCUT2D eigenvalue weighted by Crippen LogP contribution is 2.40. The van der Waals surface area contributed by atoms with Gasteiger partial charge in [-0.3, -0.25) is 4.79 Å². The van der Waals surface area contributed by atoms with E-state index in [0.29, 0.717) is 13.0 Å². The van der Waals surface area contributed by atoms with Gasteiger partial charge < -0.3 is 14.7 Å². The Morgan fingerprint density at radius 1 is 1.24 bits per heavy atom. The van der Waals surface area contributed by atoms with Crippen molar-refractivity contribution in [2.24, 2.45) is 5.92 Å². The van der Waals surface area contributed by atoms with Crippen LogP contribution in [0.4, 0.5) is 0 Å². The van der Waals surface area contributed by atoms with Crippen LogP contribution >= 0.6 is 0 Å². The lowest BCUT2D eigenvalue weighted by Gasteiger charge is -2.27. The van der Waals surface area contributed by atoms with Crippen molar-refractivity contribution in [3.63, 3.8) is 0 Å². The van der Waals surface area contributed by atoms with E-state index >= 15 is 0 Å². The first-order valence-electron chi connectivity index (χ1n) is 6.35. The lowest BCUT2D eigenvalue weighted by atomic mass is 9.88. The topological polar surface area (TPSA) is 66.8 Å². The summed E-state index contributed by atoms with van der Waals surface area (Å²) in [7, 11) is 0. The van der Waals surface area contributed by atoms with E-state index in [4.69, 9.17) is 9.84 Å². The first-order valence-corrected chi connectivity index (χ1v) is 6.35. The molecular formula is C12H17NO4. The van der Waals surface area contributed by atoms with Gasteiger partial charge in [0, 0.05) is 6.54 Å². The average molecular weight is 239 g/mol. The minimum absolute atomic E-state index is 0.00194. The molecule has 3 saturated heterocycles. The molecule has 0 aliphatic carbocycles. The van der Waals surface area contributed by atoms with E-state index < -0.39 is 12.0 Å². The molecule has 0 aromatic heterocycles. The molecule has 0 saturated carbocycles. The van der Waals surface area contributed by atoms with Crippen LogP contribution in [0.25, 0.3) is 0 Å². The number of carbonyl (C=O) groups is 2. The summed E-state index contributed by atoms with van der Waals surface area (Å²) in [4.78, 5) is 25.0. The van der Waals surface area contributed by atoms with Gasteiger partial charge in [0.2, 0.25) is 5.91 Å². The fraction of sp³-hybridized carbons (Fsp3) is 0.833. The fourth-order valence-corrected chi connectivity index (χ4v) is 3.40. The van der Waals surface area contributed by atoms with Crippen molar-refractivity contribution in [3.05, 3.63) is 0 Å². The van der Waals surface area contributed by atoms with Gasteiger partial charge in [-0.05, 0) is 32.1 Å². The molecule has 0 aromatic rings. The zero-order valence-corrected chi connectivity index (χ0v) is 9.67. The fourth-order valence-electron chi connectivity index (χ4n) is 3.40. The van der Waals surface area contributed by atoms with Gasteiger partial charge in [0.05, 0.1) is 18.1 Å². The van der Waals surface area contributed by atoms with Crippen molar-refractivity contribution in [2.75, 3.05) is 6.54 Å². The van der Waals surface area contributed by atoms with Gasteiger partial charge in [-0.25, -0.2) is 4.79 Å². The second-order valence-electron chi connectivity index (χ2n) is 5.24. The number of aliphatic carboxylic acids is 1. The van der Waals surface area contributed by atoms with Gasteiger partial charge in [0.1, 0.15) is 6.04 Å². The summed E-state index contributed by atoms with van der Waals surface area (Å²) in [6, 6.07) is -0.610. The number of hydrogen-bond acceptors (Lipinski definition) is 3. The van der Waals surface area contributed by atoms with E-state index in [9.17, 15) is 9.59 Å². The Balaban J connectivity index is 1.71. The third-order valence-corrected chi connectivity index (χ3v) is 4.24. The number of carboxylic acids is 1. The van der Waals surface area contributed by atoms with Crippen LogP contribution < -0.4 is 0 Å². The number of carbonyl (C=O) groups excluding carboxylic acids is 1. The average Bonchev–Trinajstić information content (AvgIpc) is 3.02. The van der Waals surface area contributed by atoms with Gasteiger partial charge in [-0.15, -0.1) is 0 Å². The zero-order valence-electron chi connectivity index (χ0n) is 9.67. The molecule has 5 nitrogen and oxygen atoms in total. The van der Waals surface area contributed by atoms with Gasteiger partial charge >= 0.3 is 5.97 Å². The van der Waals surface area contributed by atoms with Crippen LogP contribution in [0.15, 0.2) is 0 Å². The SMILES string of the molecule is O=C(O)[C@@H]1CCCN1C(=O)C1CC2CCC1O2.